The maximum Gasteiger partial charge on any atom is 0.165 e. The molecule has 0 bridgehead atoms. The first-order valence-corrected chi connectivity index (χ1v) is 4.79. The van der Waals surface area contributed by atoms with Gasteiger partial charge in [-0.1, -0.05) is 24.3 Å². The molecule has 0 aliphatic rings. The van der Waals surface area contributed by atoms with Crippen molar-refractivity contribution in [3.05, 3.63) is 66.5 Å². The molecule has 2 aromatic carbocycles. The monoisotopic (exact) mass is 217 g/mol. The van der Waals surface area contributed by atoms with Crippen LogP contribution < -0.4 is 4.74 Å². The molecule has 3 heteroatoms. The molecule has 0 aliphatic heterocycles. The Morgan fingerprint density at radius 1 is 1.06 bits per heavy atom. The molecule has 2 aromatic rings. The topological polar surface area (TPSA) is 29.5 Å². The van der Waals surface area contributed by atoms with Crippen molar-refractivity contribution in [1.29, 1.82) is 0 Å². The van der Waals surface area contributed by atoms with Crippen LogP contribution in [0.5, 0.6) is 11.5 Å². The summed E-state index contributed by atoms with van der Waals surface area (Å²) in [4.78, 5) is 0. The van der Waals surface area contributed by atoms with Gasteiger partial charge in [-0.2, -0.15) is 0 Å². The van der Waals surface area contributed by atoms with Gasteiger partial charge in [0, 0.05) is 0 Å². The molecule has 0 atom stereocenters. The van der Waals surface area contributed by atoms with E-state index in [0.717, 1.165) is 6.61 Å². The summed E-state index contributed by atoms with van der Waals surface area (Å²) in [5.41, 5.74) is 0.493. The lowest BCUT2D eigenvalue weighted by Gasteiger charge is -2.07. The number of ether oxygens (including phenoxy) is 1. The summed E-state index contributed by atoms with van der Waals surface area (Å²) in [5.74, 6) is 0.181. The average Bonchev–Trinajstić information content (AvgIpc) is 2.33. The molecule has 0 fully saturated rings. The summed E-state index contributed by atoms with van der Waals surface area (Å²) in [6, 6.07) is 13.1. The largest absolute Gasteiger partial charge is 0.454 e. The highest BCUT2D eigenvalue weighted by Crippen LogP contribution is 2.25. The van der Waals surface area contributed by atoms with Crippen LogP contribution in [0.25, 0.3) is 0 Å². The first-order chi connectivity index (χ1) is 7.79. The number of hydrogen-bond donors (Lipinski definition) is 1. The van der Waals surface area contributed by atoms with Crippen molar-refractivity contribution >= 4 is 0 Å². The smallest absolute Gasteiger partial charge is 0.165 e. The molecule has 16 heavy (non-hydrogen) atoms. The third-order valence-corrected chi connectivity index (χ3v) is 2.08. The molecule has 1 N–H and O–H groups in total. The molecule has 81 valence electrons. The van der Waals surface area contributed by atoms with Gasteiger partial charge in [-0.05, 0) is 29.8 Å². The summed E-state index contributed by atoms with van der Waals surface area (Å²) in [7, 11) is 0. The number of aliphatic hydroxyl groups is 1. The van der Waals surface area contributed by atoms with E-state index >= 15 is 0 Å². The molecule has 0 saturated carbocycles. The van der Waals surface area contributed by atoms with Gasteiger partial charge in [-0.25, -0.2) is 4.39 Å². The van der Waals surface area contributed by atoms with Crippen LogP contribution in [0.3, 0.4) is 0 Å². The van der Waals surface area contributed by atoms with Crippen LogP contribution >= 0.6 is 0 Å². The van der Waals surface area contributed by atoms with Crippen LogP contribution in [0.4, 0.5) is 4.39 Å². The number of aliphatic hydroxyl groups excluding tert-OH is 1. The predicted octanol–water partition coefficient (Wildman–Crippen LogP) is 3.50. The molecular formula is C13H10FO2. The molecule has 0 amide bonds. The summed E-state index contributed by atoms with van der Waals surface area (Å²) < 4.78 is 18.7. The summed E-state index contributed by atoms with van der Waals surface area (Å²) >= 11 is 0. The number of benzene rings is 2. The first kappa shape index (κ1) is 10.6. The first-order valence-electron chi connectivity index (χ1n) is 4.79. The van der Waals surface area contributed by atoms with Crippen LogP contribution in [0.1, 0.15) is 5.56 Å². The minimum atomic E-state index is -0.463. The van der Waals surface area contributed by atoms with E-state index in [4.69, 9.17) is 9.84 Å². The Hall–Kier alpha value is -1.87. The third-order valence-electron chi connectivity index (χ3n) is 2.08. The lowest BCUT2D eigenvalue weighted by molar-refractivity contribution is 0.410. The van der Waals surface area contributed by atoms with Gasteiger partial charge in [-0.15, -0.1) is 0 Å². The van der Waals surface area contributed by atoms with Crippen molar-refractivity contribution in [2.24, 2.45) is 0 Å². The summed E-state index contributed by atoms with van der Waals surface area (Å²) in [6.07, 6.45) is 0. The highest BCUT2D eigenvalue weighted by atomic mass is 19.1. The van der Waals surface area contributed by atoms with Crippen LogP contribution in [0.15, 0.2) is 48.5 Å². The van der Waals surface area contributed by atoms with E-state index in [0.29, 0.717) is 11.3 Å². The molecule has 2 rings (SSSR count). The fourth-order valence-electron chi connectivity index (χ4n) is 1.29. The minimum absolute atomic E-state index is 0.0917. The molecule has 0 heterocycles. The average molecular weight is 217 g/mol. The second kappa shape index (κ2) is 4.77. The van der Waals surface area contributed by atoms with Gasteiger partial charge in [-0.3, -0.25) is 0 Å². The van der Waals surface area contributed by atoms with E-state index in [9.17, 15) is 4.39 Å². The van der Waals surface area contributed by atoms with Crippen molar-refractivity contribution in [2.45, 2.75) is 0 Å². The van der Waals surface area contributed by atoms with E-state index < -0.39 is 5.82 Å². The maximum atomic E-state index is 13.4. The van der Waals surface area contributed by atoms with E-state index in [1.54, 1.807) is 24.3 Å². The number of halogens is 1. The number of hydrogen-bond acceptors (Lipinski definition) is 2. The zero-order valence-corrected chi connectivity index (χ0v) is 8.43. The fourth-order valence-corrected chi connectivity index (χ4v) is 1.29. The molecule has 0 aliphatic carbocycles. The van der Waals surface area contributed by atoms with Crippen LogP contribution in [-0.4, -0.2) is 5.11 Å². The Morgan fingerprint density at radius 2 is 1.81 bits per heavy atom. The molecule has 0 saturated heterocycles. The van der Waals surface area contributed by atoms with E-state index in [-0.39, 0.29) is 5.75 Å². The number of para-hydroxylation sites is 1. The standard InChI is InChI=1S/C13H10FO2/c14-12-7-6-10(9-15)8-13(12)16-11-4-2-1-3-5-11/h1-9,15H. The van der Waals surface area contributed by atoms with E-state index in [1.807, 2.05) is 6.07 Å². The van der Waals surface area contributed by atoms with Crippen molar-refractivity contribution in [1.82, 2.24) is 0 Å². The Labute approximate surface area is 92.9 Å². The van der Waals surface area contributed by atoms with Crippen LogP contribution in [-0.2, 0) is 0 Å². The zero-order valence-electron chi connectivity index (χ0n) is 8.43. The second-order valence-corrected chi connectivity index (χ2v) is 3.23. The van der Waals surface area contributed by atoms with E-state index in [2.05, 4.69) is 0 Å². The highest BCUT2D eigenvalue weighted by Gasteiger charge is 2.05. The van der Waals surface area contributed by atoms with Gasteiger partial charge in [0.2, 0.25) is 0 Å². The Bertz CT molecular complexity index is 469. The van der Waals surface area contributed by atoms with Gasteiger partial charge in [0.15, 0.2) is 11.6 Å². The predicted molar refractivity (Wildman–Crippen MR) is 58.3 cm³/mol. The summed E-state index contributed by atoms with van der Waals surface area (Å²) in [5, 5.41) is 8.82. The lowest BCUT2D eigenvalue weighted by Crippen LogP contribution is -1.90. The lowest BCUT2D eigenvalue weighted by atomic mass is 10.2. The van der Waals surface area contributed by atoms with Gasteiger partial charge < -0.3 is 9.84 Å². The Balaban J connectivity index is 2.27. The molecular weight excluding hydrogens is 207 g/mol. The molecule has 0 aromatic heterocycles. The molecule has 1 radical (unpaired) electrons. The summed E-state index contributed by atoms with van der Waals surface area (Å²) in [6.45, 7) is 0.900. The van der Waals surface area contributed by atoms with Crippen molar-refractivity contribution < 1.29 is 14.2 Å². The highest BCUT2D eigenvalue weighted by molar-refractivity contribution is 5.36. The van der Waals surface area contributed by atoms with Crippen molar-refractivity contribution in [3.8, 4) is 11.5 Å². The van der Waals surface area contributed by atoms with Gasteiger partial charge >= 0.3 is 0 Å². The zero-order chi connectivity index (χ0) is 11.4. The van der Waals surface area contributed by atoms with Gasteiger partial charge in [0.05, 0.1) is 0 Å². The fraction of sp³-hybridized carbons (Fsp3) is 0. The maximum absolute atomic E-state index is 13.4. The van der Waals surface area contributed by atoms with E-state index in [1.165, 1.54) is 18.2 Å². The van der Waals surface area contributed by atoms with Gasteiger partial charge in [0.25, 0.3) is 0 Å². The molecule has 0 spiro atoms. The second-order valence-electron chi connectivity index (χ2n) is 3.23. The SMILES string of the molecule is O[CH]c1ccc(F)c(Oc2ccccc2)c1. The van der Waals surface area contributed by atoms with Gasteiger partial charge in [0.1, 0.15) is 12.4 Å². The minimum Gasteiger partial charge on any atom is -0.454 e. The molecule has 0 unspecified atom stereocenters. The quantitative estimate of drug-likeness (QED) is 0.852. The normalized spacial score (nSPS) is 10.1. The van der Waals surface area contributed by atoms with Crippen LogP contribution in [0, 0.1) is 12.4 Å². The number of rotatable bonds is 3. The Kier molecular flexibility index (Phi) is 3.17. The Morgan fingerprint density at radius 3 is 2.50 bits per heavy atom. The van der Waals surface area contributed by atoms with Crippen LogP contribution in [0.2, 0.25) is 0 Å². The van der Waals surface area contributed by atoms with Crippen molar-refractivity contribution in [2.75, 3.05) is 0 Å². The van der Waals surface area contributed by atoms with Crippen molar-refractivity contribution in [3.63, 3.8) is 0 Å². The third kappa shape index (κ3) is 2.38. The molecule has 2 nitrogen and oxygen atoms in total.